The molecular weight excluding hydrogens is 222 g/mol. The zero-order valence-electron chi connectivity index (χ0n) is 9.77. The Kier molecular flexibility index (Phi) is 4.11. The van der Waals surface area contributed by atoms with Gasteiger partial charge in [0.2, 0.25) is 0 Å². The van der Waals surface area contributed by atoms with E-state index in [1.54, 1.807) is 0 Å². The van der Waals surface area contributed by atoms with Crippen LogP contribution in [-0.2, 0) is 11.3 Å². The summed E-state index contributed by atoms with van der Waals surface area (Å²) in [5.74, 6) is 0.357. The van der Waals surface area contributed by atoms with Crippen LogP contribution < -0.4 is 0 Å². The smallest absolute Gasteiger partial charge is 0.148 e. The molecule has 0 aromatic heterocycles. The van der Waals surface area contributed by atoms with Gasteiger partial charge in [0.25, 0.3) is 0 Å². The highest BCUT2D eigenvalue weighted by molar-refractivity contribution is 5.85. The first-order chi connectivity index (χ1) is 7.08. The van der Waals surface area contributed by atoms with Crippen LogP contribution in [0, 0.1) is 0 Å². The molecule has 0 spiro atoms. The maximum absolute atomic E-state index is 11.4. The minimum absolute atomic E-state index is 0. The molecule has 0 radical (unpaired) electrons. The highest BCUT2D eigenvalue weighted by Gasteiger charge is 2.36. The third-order valence-corrected chi connectivity index (χ3v) is 3.07. The van der Waals surface area contributed by atoms with Gasteiger partial charge in [-0.25, -0.2) is 0 Å². The molecule has 1 saturated heterocycles. The van der Waals surface area contributed by atoms with Crippen molar-refractivity contribution in [2.75, 3.05) is 6.54 Å². The zero-order valence-corrected chi connectivity index (χ0v) is 10.6. The molecule has 0 bridgehead atoms. The largest absolute Gasteiger partial charge is 0.298 e. The summed E-state index contributed by atoms with van der Waals surface area (Å²) in [5.41, 5.74) is 1.30. The number of hydrogen-bond donors (Lipinski definition) is 0. The van der Waals surface area contributed by atoms with Crippen molar-refractivity contribution in [2.24, 2.45) is 0 Å². The van der Waals surface area contributed by atoms with Crippen LogP contribution >= 0.6 is 12.4 Å². The van der Waals surface area contributed by atoms with Crippen LogP contribution in [0.4, 0.5) is 0 Å². The quantitative estimate of drug-likeness (QED) is 0.791. The van der Waals surface area contributed by atoms with Gasteiger partial charge >= 0.3 is 0 Å². The van der Waals surface area contributed by atoms with E-state index in [-0.39, 0.29) is 17.9 Å². The van der Waals surface area contributed by atoms with E-state index in [9.17, 15) is 4.79 Å². The van der Waals surface area contributed by atoms with E-state index >= 15 is 0 Å². The second-order valence-corrected chi connectivity index (χ2v) is 4.87. The average Bonchev–Trinajstić information content (AvgIpc) is 2.41. The summed E-state index contributed by atoms with van der Waals surface area (Å²) in [6, 6.07) is 10.3. The third-order valence-electron chi connectivity index (χ3n) is 3.07. The highest BCUT2D eigenvalue weighted by Crippen LogP contribution is 2.27. The van der Waals surface area contributed by atoms with E-state index in [0.717, 1.165) is 6.54 Å². The van der Waals surface area contributed by atoms with Crippen LogP contribution in [0.3, 0.4) is 0 Å². The maximum Gasteiger partial charge on any atom is 0.148 e. The number of nitrogens with zero attached hydrogens (tertiary/aromatic N) is 1. The van der Waals surface area contributed by atoms with Gasteiger partial charge in [0.05, 0.1) is 6.54 Å². The van der Waals surface area contributed by atoms with Gasteiger partial charge in [0, 0.05) is 18.5 Å². The van der Waals surface area contributed by atoms with E-state index in [0.29, 0.717) is 18.7 Å². The summed E-state index contributed by atoms with van der Waals surface area (Å²) in [7, 11) is 0. The Balaban J connectivity index is 0.00000128. The molecule has 1 aromatic rings. The molecule has 1 aliphatic rings. The number of Topliss-reactive ketones (excluding diaryl/α,β-unsaturated/α-hetero) is 1. The average molecular weight is 240 g/mol. The predicted molar refractivity (Wildman–Crippen MR) is 67.8 cm³/mol. The predicted octanol–water partition coefficient (Wildman–Crippen LogP) is 2.66. The fourth-order valence-electron chi connectivity index (χ4n) is 2.15. The molecule has 0 unspecified atom stereocenters. The Bertz CT molecular complexity index is 361. The molecule has 0 aliphatic carbocycles. The van der Waals surface area contributed by atoms with Crippen molar-refractivity contribution in [1.82, 2.24) is 4.90 Å². The van der Waals surface area contributed by atoms with Crippen molar-refractivity contribution in [3.05, 3.63) is 35.9 Å². The summed E-state index contributed by atoms with van der Waals surface area (Å²) in [6.45, 7) is 5.75. The minimum Gasteiger partial charge on any atom is -0.298 e. The normalized spacial score (nSPS) is 19.5. The molecule has 2 rings (SSSR count). The van der Waals surface area contributed by atoms with Gasteiger partial charge in [-0.2, -0.15) is 0 Å². The molecule has 0 amide bonds. The van der Waals surface area contributed by atoms with Crippen LogP contribution in [0.2, 0.25) is 0 Å². The van der Waals surface area contributed by atoms with Gasteiger partial charge in [-0.15, -0.1) is 12.4 Å². The van der Waals surface area contributed by atoms with Crippen LogP contribution in [-0.4, -0.2) is 22.8 Å². The summed E-state index contributed by atoms with van der Waals surface area (Å²) < 4.78 is 0. The molecule has 2 nitrogen and oxygen atoms in total. The zero-order chi connectivity index (χ0) is 10.9. The van der Waals surface area contributed by atoms with Crippen molar-refractivity contribution in [3.63, 3.8) is 0 Å². The van der Waals surface area contributed by atoms with Crippen LogP contribution in [0.5, 0.6) is 0 Å². The standard InChI is InChI=1S/C13H17NO.ClH/c1-13(2)8-12(15)10-14(13)9-11-6-4-3-5-7-11;/h3-7H,8-10H2,1-2H3;1H. The highest BCUT2D eigenvalue weighted by atomic mass is 35.5. The fraction of sp³-hybridized carbons (Fsp3) is 0.462. The lowest BCUT2D eigenvalue weighted by molar-refractivity contribution is -0.117. The first-order valence-corrected chi connectivity index (χ1v) is 5.39. The van der Waals surface area contributed by atoms with Crippen molar-refractivity contribution in [1.29, 1.82) is 0 Å². The number of ketones is 1. The van der Waals surface area contributed by atoms with Crippen molar-refractivity contribution < 1.29 is 4.79 Å². The molecule has 1 fully saturated rings. The molecule has 0 saturated carbocycles. The topological polar surface area (TPSA) is 20.3 Å². The molecule has 16 heavy (non-hydrogen) atoms. The van der Waals surface area contributed by atoms with Gasteiger partial charge in [-0.05, 0) is 19.4 Å². The van der Waals surface area contributed by atoms with Gasteiger partial charge in [-0.1, -0.05) is 30.3 Å². The molecule has 1 aliphatic heterocycles. The number of benzene rings is 1. The lowest BCUT2D eigenvalue weighted by Crippen LogP contribution is -2.37. The van der Waals surface area contributed by atoms with Crippen molar-refractivity contribution in [3.8, 4) is 0 Å². The van der Waals surface area contributed by atoms with Crippen molar-refractivity contribution in [2.45, 2.75) is 32.4 Å². The fourth-order valence-corrected chi connectivity index (χ4v) is 2.15. The maximum atomic E-state index is 11.4. The molecule has 1 aromatic carbocycles. The SMILES string of the molecule is CC1(C)CC(=O)CN1Cc1ccccc1.Cl. The number of likely N-dealkylation sites (tertiary alicyclic amines) is 1. The number of halogens is 1. The molecule has 1 heterocycles. The number of carbonyl (C=O) groups is 1. The van der Waals surface area contributed by atoms with Gasteiger partial charge < -0.3 is 0 Å². The van der Waals surface area contributed by atoms with Crippen LogP contribution in [0.1, 0.15) is 25.8 Å². The second-order valence-electron chi connectivity index (χ2n) is 4.87. The van der Waals surface area contributed by atoms with Gasteiger partial charge in [0.15, 0.2) is 0 Å². The van der Waals surface area contributed by atoms with E-state index in [4.69, 9.17) is 0 Å². The monoisotopic (exact) mass is 239 g/mol. The Morgan fingerprint density at radius 1 is 1.25 bits per heavy atom. The van der Waals surface area contributed by atoms with E-state index < -0.39 is 0 Å². The van der Waals surface area contributed by atoms with E-state index in [1.165, 1.54) is 5.56 Å². The van der Waals surface area contributed by atoms with Crippen LogP contribution in [0.15, 0.2) is 30.3 Å². The molecule has 0 N–H and O–H groups in total. The first kappa shape index (κ1) is 13.2. The van der Waals surface area contributed by atoms with E-state index in [2.05, 4.69) is 30.9 Å². The summed E-state index contributed by atoms with van der Waals surface area (Å²) in [6.07, 6.45) is 0.680. The number of hydrogen-bond acceptors (Lipinski definition) is 2. The van der Waals surface area contributed by atoms with Gasteiger partial charge in [-0.3, -0.25) is 9.69 Å². The number of rotatable bonds is 2. The van der Waals surface area contributed by atoms with E-state index in [1.807, 2.05) is 18.2 Å². The summed E-state index contributed by atoms with van der Waals surface area (Å²) in [5, 5.41) is 0. The third kappa shape index (κ3) is 2.83. The molecular formula is C13H18ClNO. The van der Waals surface area contributed by atoms with Crippen molar-refractivity contribution >= 4 is 18.2 Å². The molecule has 3 heteroatoms. The number of carbonyl (C=O) groups excluding carboxylic acids is 1. The Morgan fingerprint density at radius 2 is 1.88 bits per heavy atom. The Morgan fingerprint density at radius 3 is 2.38 bits per heavy atom. The Hall–Kier alpha value is -0.860. The summed E-state index contributed by atoms with van der Waals surface area (Å²) >= 11 is 0. The minimum atomic E-state index is 0. The summed E-state index contributed by atoms with van der Waals surface area (Å²) in [4.78, 5) is 13.7. The molecule has 88 valence electrons. The molecule has 0 atom stereocenters. The van der Waals surface area contributed by atoms with Gasteiger partial charge in [0.1, 0.15) is 5.78 Å². The second kappa shape index (κ2) is 4.98. The lowest BCUT2D eigenvalue weighted by Gasteiger charge is -2.30. The Labute approximate surface area is 103 Å². The lowest BCUT2D eigenvalue weighted by atomic mass is 10.0. The van der Waals surface area contributed by atoms with Crippen LogP contribution in [0.25, 0.3) is 0 Å². The first-order valence-electron chi connectivity index (χ1n) is 5.39.